The van der Waals surface area contributed by atoms with Crippen molar-refractivity contribution in [2.24, 2.45) is 0 Å². The molecule has 0 aliphatic heterocycles. The van der Waals surface area contributed by atoms with Crippen LogP contribution < -0.4 is 5.56 Å². The van der Waals surface area contributed by atoms with Gasteiger partial charge in [0, 0.05) is 24.9 Å². The minimum atomic E-state index is -0.136. The summed E-state index contributed by atoms with van der Waals surface area (Å²) in [5.74, 6) is 0. The SMILES string of the molecule is CCN(CCCO)Cc1nn2c(=O)cc(C)nc2s1. The van der Waals surface area contributed by atoms with E-state index in [2.05, 4.69) is 21.9 Å². The van der Waals surface area contributed by atoms with Gasteiger partial charge >= 0.3 is 0 Å². The van der Waals surface area contributed by atoms with Gasteiger partial charge < -0.3 is 5.11 Å². The van der Waals surface area contributed by atoms with Gasteiger partial charge in [-0.3, -0.25) is 9.69 Å². The van der Waals surface area contributed by atoms with E-state index in [-0.39, 0.29) is 12.2 Å². The average molecular weight is 282 g/mol. The third-order valence-corrected chi connectivity index (χ3v) is 3.75. The van der Waals surface area contributed by atoms with Crippen LogP contribution in [-0.2, 0) is 6.54 Å². The summed E-state index contributed by atoms with van der Waals surface area (Å²) in [4.78, 5) is 18.9. The van der Waals surface area contributed by atoms with Crippen molar-refractivity contribution in [2.75, 3.05) is 19.7 Å². The molecule has 0 saturated carbocycles. The van der Waals surface area contributed by atoms with Crippen molar-refractivity contribution in [2.45, 2.75) is 26.8 Å². The van der Waals surface area contributed by atoms with Crippen molar-refractivity contribution in [1.82, 2.24) is 19.5 Å². The molecular weight excluding hydrogens is 264 g/mol. The molecule has 0 atom stereocenters. The predicted octanol–water partition coefficient (Wildman–Crippen LogP) is 0.664. The van der Waals surface area contributed by atoms with Crippen LogP contribution in [0.3, 0.4) is 0 Å². The Labute approximate surface area is 115 Å². The molecule has 2 aromatic rings. The van der Waals surface area contributed by atoms with Gasteiger partial charge in [-0.2, -0.15) is 9.61 Å². The van der Waals surface area contributed by atoms with Crippen molar-refractivity contribution >= 4 is 16.3 Å². The number of rotatable bonds is 6. The molecule has 0 radical (unpaired) electrons. The topological polar surface area (TPSA) is 70.7 Å². The number of hydrogen-bond donors (Lipinski definition) is 1. The Balaban J connectivity index is 2.21. The zero-order chi connectivity index (χ0) is 13.8. The van der Waals surface area contributed by atoms with E-state index < -0.39 is 0 Å². The lowest BCUT2D eigenvalue weighted by Crippen LogP contribution is -2.25. The third-order valence-electron chi connectivity index (χ3n) is 2.85. The Bertz CT molecular complexity index is 607. The molecule has 2 aromatic heterocycles. The van der Waals surface area contributed by atoms with Crippen LogP contribution in [0.2, 0.25) is 0 Å². The van der Waals surface area contributed by atoms with Crippen molar-refractivity contribution in [1.29, 1.82) is 0 Å². The van der Waals surface area contributed by atoms with E-state index in [9.17, 15) is 4.79 Å². The second-order valence-corrected chi connectivity index (χ2v) is 5.41. The summed E-state index contributed by atoms with van der Waals surface area (Å²) in [6, 6.07) is 1.49. The molecule has 6 nitrogen and oxygen atoms in total. The molecule has 0 amide bonds. The molecule has 7 heteroatoms. The second-order valence-electron chi connectivity index (χ2n) is 4.37. The molecule has 0 fully saturated rings. The molecule has 0 aliphatic rings. The van der Waals surface area contributed by atoms with Crippen LogP contribution in [0, 0.1) is 6.92 Å². The van der Waals surface area contributed by atoms with Gasteiger partial charge in [0.25, 0.3) is 5.56 Å². The summed E-state index contributed by atoms with van der Waals surface area (Å²) in [5, 5.41) is 14.0. The van der Waals surface area contributed by atoms with Crippen LogP contribution >= 0.6 is 11.3 Å². The number of hydrogen-bond acceptors (Lipinski definition) is 6. The lowest BCUT2D eigenvalue weighted by molar-refractivity contribution is 0.225. The minimum Gasteiger partial charge on any atom is -0.396 e. The molecule has 0 bridgehead atoms. The van der Waals surface area contributed by atoms with Crippen molar-refractivity contribution in [3.05, 3.63) is 27.1 Å². The summed E-state index contributed by atoms with van der Waals surface area (Å²) in [6.45, 7) is 6.46. The lowest BCUT2D eigenvalue weighted by atomic mass is 10.4. The maximum atomic E-state index is 11.8. The molecule has 2 rings (SSSR count). The Morgan fingerprint density at radius 1 is 1.53 bits per heavy atom. The first kappa shape index (κ1) is 14.1. The Kier molecular flexibility index (Phi) is 4.62. The maximum Gasteiger partial charge on any atom is 0.275 e. The van der Waals surface area contributed by atoms with Crippen molar-refractivity contribution < 1.29 is 5.11 Å². The first-order valence-corrected chi connectivity index (χ1v) is 7.15. The third kappa shape index (κ3) is 3.37. The van der Waals surface area contributed by atoms with Gasteiger partial charge in [-0.25, -0.2) is 4.98 Å². The van der Waals surface area contributed by atoms with Gasteiger partial charge in [-0.1, -0.05) is 18.3 Å². The van der Waals surface area contributed by atoms with Gasteiger partial charge in [-0.15, -0.1) is 0 Å². The number of aryl methyl sites for hydroxylation is 1. The van der Waals surface area contributed by atoms with Crippen LogP contribution in [0.15, 0.2) is 10.9 Å². The largest absolute Gasteiger partial charge is 0.396 e. The predicted molar refractivity (Wildman–Crippen MR) is 74.5 cm³/mol. The van der Waals surface area contributed by atoms with Gasteiger partial charge in [-0.05, 0) is 19.9 Å². The average Bonchev–Trinajstić information content (AvgIpc) is 2.77. The van der Waals surface area contributed by atoms with E-state index in [1.807, 2.05) is 0 Å². The molecular formula is C12H18N4O2S. The first-order chi connectivity index (χ1) is 9.13. The highest BCUT2D eigenvalue weighted by Crippen LogP contribution is 2.13. The fraction of sp³-hybridized carbons (Fsp3) is 0.583. The molecule has 0 aromatic carbocycles. The van der Waals surface area contributed by atoms with Gasteiger partial charge in [0.05, 0.1) is 6.54 Å². The van der Waals surface area contributed by atoms with Crippen LogP contribution in [0.1, 0.15) is 24.0 Å². The highest BCUT2D eigenvalue weighted by molar-refractivity contribution is 7.16. The van der Waals surface area contributed by atoms with Gasteiger partial charge in [0.1, 0.15) is 5.01 Å². The normalized spacial score (nSPS) is 11.6. The summed E-state index contributed by atoms with van der Waals surface area (Å²) in [7, 11) is 0. The zero-order valence-corrected chi connectivity index (χ0v) is 12.0. The summed E-state index contributed by atoms with van der Waals surface area (Å²) < 4.78 is 1.35. The highest BCUT2D eigenvalue weighted by atomic mass is 32.1. The van der Waals surface area contributed by atoms with Crippen molar-refractivity contribution in [3.63, 3.8) is 0 Å². The molecule has 0 saturated heterocycles. The standard InChI is InChI=1S/C12H18N4O2S/c1-3-15(5-4-6-17)8-10-14-16-11(18)7-9(2)13-12(16)19-10/h7,17H,3-6,8H2,1-2H3. The van der Waals surface area contributed by atoms with Crippen LogP contribution in [0.5, 0.6) is 0 Å². The van der Waals surface area contributed by atoms with E-state index in [0.29, 0.717) is 17.2 Å². The second kappa shape index (κ2) is 6.23. The van der Waals surface area contributed by atoms with E-state index in [1.54, 1.807) is 6.92 Å². The lowest BCUT2D eigenvalue weighted by Gasteiger charge is -2.17. The van der Waals surface area contributed by atoms with Crippen LogP contribution in [-0.4, -0.2) is 44.3 Å². The van der Waals surface area contributed by atoms with Crippen molar-refractivity contribution in [3.8, 4) is 0 Å². The molecule has 0 spiro atoms. The van der Waals surface area contributed by atoms with Gasteiger partial charge in [0.2, 0.25) is 4.96 Å². The fourth-order valence-corrected chi connectivity index (χ4v) is 2.85. The number of fused-ring (bicyclic) bond motifs is 1. The van der Waals surface area contributed by atoms with Gasteiger partial charge in [0.15, 0.2) is 0 Å². The van der Waals surface area contributed by atoms with E-state index in [0.717, 1.165) is 24.5 Å². The summed E-state index contributed by atoms with van der Waals surface area (Å²) in [5.41, 5.74) is 0.580. The molecule has 19 heavy (non-hydrogen) atoms. The Hall–Kier alpha value is -1.31. The monoisotopic (exact) mass is 282 g/mol. The quantitative estimate of drug-likeness (QED) is 0.843. The molecule has 1 N–H and O–H groups in total. The molecule has 2 heterocycles. The minimum absolute atomic E-state index is 0.136. The smallest absolute Gasteiger partial charge is 0.275 e. The molecule has 0 unspecified atom stereocenters. The number of aliphatic hydroxyl groups is 1. The molecule has 0 aliphatic carbocycles. The zero-order valence-electron chi connectivity index (χ0n) is 11.2. The van der Waals surface area contributed by atoms with E-state index >= 15 is 0 Å². The maximum absolute atomic E-state index is 11.8. The number of aromatic nitrogens is 3. The first-order valence-electron chi connectivity index (χ1n) is 6.33. The van der Waals surface area contributed by atoms with E-state index in [4.69, 9.17) is 5.11 Å². The summed E-state index contributed by atoms with van der Waals surface area (Å²) >= 11 is 1.44. The number of aliphatic hydroxyl groups excluding tert-OH is 1. The number of nitrogens with zero attached hydrogens (tertiary/aromatic N) is 4. The summed E-state index contributed by atoms with van der Waals surface area (Å²) in [6.07, 6.45) is 0.746. The Morgan fingerprint density at radius 3 is 3.00 bits per heavy atom. The van der Waals surface area contributed by atoms with Crippen LogP contribution in [0.4, 0.5) is 0 Å². The fourth-order valence-electron chi connectivity index (χ4n) is 1.86. The van der Waals surface area contributed by atoms with E-state index in [1.165, 1.54) is 21.9 Å². The molecule has 104 valence electrons. The Morgan fingerprint density at radius 2 is 2.32 bits per heavy atom. The highest BCUT2D eigenvalue weighted by Gasteiger charge is 2.10. The van der Waals surface area contributed by atoms with Crippen LogP contribution in [0.25, 0.3) is 4.96 Å².